The Morgan fingerprint density at radius 2 is 1.79 bits per heavy atom. The lowest BCUT2D eigenvalue weighted by Gasteiger charge is -2.39. The summed E-state index contributed by atoms with van der Waals surface area (Å²) in [4.78, 5) is 37.0. The molecule has 0 bridgehead atoms. The summed E-state index contributed by atoms with van der Waals surface area (Å²) in [5.41, 5.74) is 2.00. The molecule has 3 aromatic rings. The number of benzene rings is 2. The molecule has 4 rings (SSSR count). The summed E-state index contributed by atoms with van der Waals surface area (Å²) in [7, 11) is 1.51. The Balaban J connectivity index is 1.57. The van der Waals surface area contributed by atoms with Crippen LogP contribution in [0, 0.1) is 11.6 Å². The molecule has 0 radical (unpaired) electrons. The maximum Gasteiger partial charge on any atom is 0.253 e. The number of hydrogen-bond acceptors (Lipinski definition) is 7. The number of rotatable bonds is 7. The van der Waals surface area contributed by atoms with Crippen molar-refractivity contribution in [3.63, 3.8) is 0 Å². The predicted octanol–water partition coefficient (Wildman–Crippen LogP) is 2.98. The highest BCUT2D eigenvalue weighted by Crippen LogP contribution is 2.30. The monoisotopic (exact) mass is 524 g/mol. The van der Waals surface area contributed by atoms with E-state index in [-0.39, 0.29) is 23.4 Å². The van der Waals surface area contributed by atoms with Gasteiger partial charge in [-0.15, -0.1) is 0 Å². The first-order chi connectivity index (χ1) is 18.2. The van der Waals surface area contributed by atoms with Gasteiger partial charge in [0.2, 0.25) is 11.9 Å². The maximum atomic E-state index is 14.4. The largest absolute Gasteiger partial charge is 0.387 e. The van der Waals surface area contributed by atoms with Crippen LogP contribution in [0.25, 0.3) is 11.1 Å². The van der Waals surface area contributed by atoms with E-state index in [2.05, 4.69) is 20.6 Å². The molecule has 2 aromatic carbocycles. The lowest BCUT2D eigenvalue weighted by atomic mass is 10.0. The van der Waals surface area contributed by atoms with Crippen molar-refractivity contribution in [1.82, 2.24) is 20.2 Å². The fraction of sp³-hybridized carbons (Fsp3) is 0.333. The SMILES string of the molecule is CNC(=O)c1ccc(-c2cnc(N3CCN(C(=O)CO)[C@H](C)C3)nc2)cc1NC(C)c1c(F)cccc1F. The van der Waals surface area contributed by atoms with Gasteiger partial charge in [-0.2, -0.15) is 0 Å². The number of carbonyl (C=O) groups is 2. The Bertz CT molecular complexity index is 1300. The molecule has 1 saturated heterocycles. The Labute approximate surface area is 219 Å². The van der Waals surface area contributed by atoms with Gasteiger partial charge in [0.15, 0.2) is 0 Å². The molecular formula is C27H30F2N6O3. The number of nitrogens with one attached hydrogen (secondary N) is 2. The minimum atomic E-state index is -0.758. The van der Waals surface area contributed by atoms with Crippen molar-refractivity contribution >= 4 is 23.5 Å². The van der Waals surface area contributed by atoms with Crippen molar-refractivity contribution in [3.8, 4) is 11.1 Å². The van der Waals surface area contributed by atoms with Gasteiger partial charge in [-0.05, 0) is 43.7 Å². The fourth-order valence-electron chi connectivity index (χ4n) is 4.64. The summed E-state index contributed by atoms with van der Waals surface area (Å²) >= 11 is 0. The molecule has 1 fully saturated rings. The standard InChI is InChI=1S/C27H30F2N6O3/c1-16-14-34(9-10-35(16)24(37)15-36)27-31-12-19(13-32-27)18-7-8-20(26(38)30-3)23(11-18)33-17(2)25-21(28)5-4-6-22(25)29/h4-8,11-13,16-17,33,36H,9-10,14-15H2,1-3H3,(H,30,38)/t16-,17?/m1/s1. The van der Waals surface area contributed by atoms with Crippen LogP contribution in [0.1, 0.15) is 35.8 Å². The van der Waals surface area contributed by atoms with Gasteiger partial charge in [0.25, 0.3) is 5.91 Å². The van der Waals surface area contributed by atoms with Gasteiger partial charge in [0.1, 0.15) is 18.2 Å². The smallest absolute Gasteiger partial charge is 0.253 e. The normalized spacial score (nSPS) is 16.2. The van der Waals surface area contributed by atoms with E-state index in [1.807, 2.05) is 11.8 Å². The highest BCUT2D eigenvalue weighted by Gasteiger charge is 2.28. The summed E-state index contributed by atoms with van der Waals surface area (Å²) < 4.78 is 28.7. The number of piperazine rings is 1. The first-order valence-electron chi connectivity index (χ1n) is 12.3. The van der Waals surface area contributed by atoms with Crippen molar-refractivity contribution in [2.75, 3.05) is 43.5 Å². The first kappa shape index (κ1) is 26.9. The molecule has 2 atom stereocenters. The van der Waals surface area contributed by atoms with Crippen LogP contribution in [0.3, 0.4) is 0 Å². The molecule has 9 nitrogen and oxygen atoms in total. The van der Waals surface area contributed by atoms with Gasteiger partial charge in [0, 0.05) is 61.9 Å². The molecule has 3 N–H and O–H groups in total. The molecule has 11 heteroatoms. The van der Waals surface area contributed by atoms with E-state index in [0.717, 1.165) is 0 Å². The summed E-state index contributed by atoms with van der Waals surface area (Å²) in [6.45, 7) is 4.54. The molecule has 2 amide bonds. The molecule has 1 aromatic heterocycles. The number of anilines is 2. The van der Waals surface area contributed by atoms with E-state index in [1.54, 1.807) is 42.4 Å². The molecule has 0 aliphatic carbocycles. The van der Waals surface area contributed by atoms with E-state index in [1.165, 1.54) is 25.2 Å². The Morgan fingerprint density at radius 3 is 2.39 bits per heavy atom. The Kier molecular flexibility index (Phi) is 8.16. The number of amides is 2. The van der Waals surface area contributed by atoms with Gasteiger partial charge in [0.05, 0.1) is 11.6 Å². The molecule has 1 aliphatic heterocycles. The van der Waals surface area contributed by atoms with Crippen LogP contribution in [-0.4, -0.2) is 71.1 Å². The minimum absolute atomic E-state index is 0.0983. The summed E-state index contributed by atoms with van der Waals surface area (Å²) in [5.74, 6) is -1.49. The van der Waals surface area contributed by atoms with E-state index >= 15 is 0 Å². The summed E-state index contributed by atoms with van der Waals surface area (Å²) in [6.07, 6.45) is 3.33. The quantitative estimate of drug-likeness (QED) is 0.436. The molecule has 2 heterocycles. The average molecular weight is 525 g/mol. The zero-order valence-electron chi connectivity index (χ0n) is 21.4. The second-order valence-electron chi connectivity index (χ2n) is 9.15. The highest BCUT2D eigenvalue weighted by atomic mass is 19.1. The van der Waals surface area contributed by atoms with E-state index in [9.17, 15) is 18.4 Å². The molecule has 1 aliphatic rings. The molecule has 200 valence electrons. The first-order valence-corrected chi connectivity index (χ1v) is 12.3. The van der Waals surface area contributed by atoms with Crippen molar-refractivity contribution in [2.45, 2.75) is 25.9 Å². The number of carbonyl (C=O) groups excluding carboxylic acids is 2. The third kappa shape index (κ3) is 5.57. The number of aliphatic hydroxyl groups excluding tert-OH is 1. The Morgan fingerprint density at radius 1 is 1.11 bits per heavy atom. The zero-order chi connectivity index (χ0) is 27.4. The van der Waals surface area contributed by atoms with E-state index in [4.69, 9.17) is 5.11 Å². The second-order valence-corrected chi connectivity index (χ2v) is 9.15. The predicted molar refractivity (Wildman–Crippen MR) is 140 cm³/mol. The minimum Gasteiger partial charge on any atom is -0.387 e. The van der Waals surface area contributed by atoms with Crippen LogP contribution in [0.15, 0.2) is 48.8 Å². The number of nitrogens with zero attached hydrogens (tertiary/aromatic N) is 4. The molecule has 38 heavy (non-hydrogen) atoms. The van der Waals surface area contributed by atoms with Crippen molar-refractivity contribution in [1.29, 1.82) is 0 Å². The maximum absolute atomic E-state index is 14.4. The molecule has 0 spiro atoms. The lowest BCUT2D eigenvalue weighted by molar-refractivity contribution is -0.136. The van der Waals surface area contributed by atoms with Crippen LogP contribution >= 0.6 is 0 Å². The van der Waals surface area contributed by atoms with E-state index in [0.29, 0.717) is 48.0 Å². The molecule has 0 saturated carbocycles. The van der Waals surface area contributed by atoms with Crippen LogP contribution in [0.2, 0.25) is 0 Å². The van der Waals surface area contributed by atoms with Crippen molar-refractivity contribution in [3.05, 3.63) is 71.6 Å². The van der Waals surface area contributed by atoms with Crippen LogP contribution in [-0.2, 0) is 4.79 Å². The second kappa shape index (κ2) is 11.5. The highest BCUT2D eigenvalue weighted by molar-refractivity contribution is 6.00. The molecular weight excluding hydrogens is 494 g/mol. The van der Waals surface area contributed by atoms with Gasteiger partial charge in [-0.1, -0.05) is 12.1 Å². The molecule has 1 unspecified atom stereocenters. The lowest BCUT2D eigenvalue weighted by Crippen LogP contribution is -2.55. The van der Waals surface area contributed by atoms with Gasteiger partial charge in [-0.3, -0.25) is 9.59 Å². The zero-order valence-corrected chi connectivity index (χ0v) is 21.4. The number of halogens is 2. The van der Waals surface area contributed by atoms with Crippen LogP contribution < -0.4 is 15.5 Å². The average Bonchev–Trinajstić information content (AvgIpc) is 2.92. The third-order valence-corrected chi connectivity index (χ3v) is 6.63. The van der Waals surface area contributed by atoms with Gasteiger partial charge < -0.3 is 25.5 Å². The number of hydrogen-bond donors (Lipinski definition) is 3. The number of aliphatic hydroxyl groups is 1. The van der Waals surface area contributed by atoms with Crippen molar-refractivity contribution < 1.29 is 23.5 Å². The van der Waals surface area contributed by atoms with Crippen LogP contribution in [0.5, 0.6) is 0 Å². The van der Waals surface area contributed by atoms with Gasteiger partial charge in [-0.25, -0.2) is 18.7 Å². The summed E-state index contributed by atoms with van der Waals surface area (Å²) in [6, 6.07) is 7.94. The fourth-order valence-corrected chi connectivity index (χ4v) is 4.64. The third-order valence-electron chi connectivity index (χ3n) is 6.63. The van der Waals surface area contributed by atoms with E-state index < -0.39 is 24.3 Å². The summed E-state index contributed by atoms with van der Waals surface area (Å²) in [5, 5.41) is 14.8. The van der Waals surface area contributed by atoms with Crippen molar-refractivity contribution in [2.24, 2.45) is 0 Å². The number of aromatic nitrogens is 2. The topological polar surface area (TPSA) is 111 Å². The van der Waals surface area contributed by atoms with Crippen LogP contribution in [0.4, 0.5) is 20.4 Å². The Hall–Kier alpha value is -4.12. The van der Waals surface area contributed by atoms with Gasteiger partial charge >= 0.3 is 0 Å².